The number of aryl methyl sites for hydroxylation is 3. The lowest BCUT2D eigenvalue weighted by atomic mass is 9.67. The third-order valence-electron chi connectivity index (χ3n) is 8.72. The van der Waals surface area contributed by atoms with Gasteiger partial charge in [-0.1, -0.05) is 36.4 Å². The highest BCUT2D eigenvalue weighted by Crippen LogP contribution is 2.46. The maximum Gasteiger partial charge on any atom is 0.342 e. The number of hydrogen-bond acceptors (Lipinski definition) is 7. The first-order chi connectivity index (χ1) is 23.7. The second-order valence-electron chi connectivity index (χ2n) is 12.0. The Kier molecular flexibility index (Phi) is 13.8. The number of phenols is 4. The van der Waals surface area contributed by atoms with Crippen molar-refractivity contribution in [3.05, 3.63) is 136 Å². The molecule has 0 heterocycles. The summed E-state index contributed by atoms with van der Waals surface area (Å²) in [7, 11) is 0. The highest BCUT2D eigenvalue weighted by Gasteiger charge is 2.36. The van der Waals surface area contributed by atoms with E-state index in [1.807, 2.05) is 102 Å². The van der Waals surface area contributed by atoms with Gasteiger partial charge in [0.2, 0.25) is 0 Å². The standard InChI is InChI=1S/C38H31I5O6S/c1-20-11-24(16-30(42)33(20)44)38(25-17-31(43)36(47)32(50)18-25,10-8-23-14-28(40)35(46)29(41)15-23)9-7-22-12-26(34(45)27(39)13-22)37(48)49-19-21-5-3-2-4-6-21/h2-6,11-18,44-47,50H,7-10,19H2,1H3. The Labute approximate surface area is 364 Å². The van der Waals surface area contributed by atoms with Gasteiger partial charge in [0.25, 0.3) is 0 Å². The van der Waals surface area contributed by atoms with Crippen LogP contribution >= 0.6 is 126 Å². The van der Waals surface area contributed by atoms with Gasteiger partial charge in [0.05, 0.1) is 17.9 Å². The molecule has 0 aromatic heterocycles. The van der Waals surface area contributed by atoms with Gasteiger partial charge in [-0.15, -0.1) is 12.6 Å². The molecule has 0 aliphatic carbocycles. The molecule has 1 atom stereocenters. The molecule has 0 aliphatic rings. The van der Waals surface area contributed by atoms with E-state index in [1.165, 1.54) is 0 Å². The van der Waals surface area contributed by atoms with E-state index >= 15 is 0 Å². The van der Waals surface area contributed by atoms with E-state index in [0.717, 1.165) is 44.1 Å². The maximum atomic E-state index is 13.3. The highest BCUT2D eigenvalue weighted by molar-refractivity contribution is 14.1. The molecular weight excluding hydrogens is 1220 g/mol. The van der Waals surface area contributed by atoms with Crippen LogP contribution in [0.4, 0.5) is 0 Å². The van der Waals surface area contributed by atoms with Crippen LogP contribution in [0.1, 0.15) is 56.6 Å². The van der Waals surface area contributed by atoms with Crippen molar-refractivity contribution in [1.82, 2.24) is 0 Å². The molecule has 0 bridgehead atoms. The molecular formula is C38H31I5O6S. The van der Waals surface area contributed by atoms with Crippen molar-refractivity contribution in [3.8, 4) is 23.0 Å². The molecule has 260 valence electrons. The SMILES string of the molecule is Cc1cc(C(CCc2cc(I)c(O)c(I)c2)(CCc2cc(I)c(O)c(C(=O)OCc3ccccc3)c2)c2cc(S)c(O)c(I)c2)cc(I)c1O. The zero-order chi connectivity index (χ0) is 36.3. The molecule has 0 saturated carbocycles. The summed E-state index contributed by atoms with van der Waals surface area (Å²) in [5.74, 6) is -0.125. The minimum atomic E-state index is -0.657. The van der Waals surface area contributed by atoms with Crippen LogP contribution in [0.3, 0.4) is 0 Å². The molecule has 5 rings (SSSR count). The van der Waals surface area contributed by atoms with E-state index in [-0.39, 0.29) is 35.2 Å². The molecule has 0 saturated heterocycles. The summed E-state index contributed by atoms with van der Waals surface area (Å²) in [4.78, 5) is 13.7. The Hall–Kier alpha value is -1.23. The van der Waals surface area contributed by atoms with E-state index in [9.17, 15) is 25.2 Å². The first kappa shape index (κ1) is 40.0. The summed E-state index contributed by atoms with van der Waals surface area (Å²) >= 11 is 15.3. The fourth-order valence-electron chi connectivity index (χ4n) is 5.98. The molecule has 0 fully saturated rings. The summed E-state index contributed by atoms with van der Waals surface area (Å²) in [6, 6.07) is 24.9. The largest absolute Gasteiger partial charge is 0.507 e. The molecule has 0 spiro atoms. The molecule has 0 radical (unpaired) electrons. The molecule has 0 aliphatic heterocycles. The first-order valence-corrected chi connectivity index (χ1v) is 21.1. The van der Waals surface area contributed by atoms with Gasteiger partial charge in [0.15, 0.2) is 0 Å². The zero-order valence-electron chi connectivity index (χ0n) is 26.5. The molecule has 50 heavy (non-hydrogen) atoms. The lowest BCUT2D eigenvalue weighted by Gasteiger charge is -2.37. The summed E-state index contributed by atoms with van der Waals surface area (Å²) in [6.07, 6.45) is 2.40. The number of phenolic OH excluding ortho intramolecular Hbond substituents is 4. The topological polar surface area (TPSA) is 107 Å². The molecule has 5 aromatic carbocycles. The smallest absolute Gasteiger partial charge is 0.342 e. The van der Waals surface area contributed by atoms with Crippen molar-refractivity contribution in [1.29, 1.82) is 0 Å². The average Bonchev–Trinajstić information content (AvgIpc) is 3.09. The third-order valence-corrected chi connectivity index (χ3v) is 13.2. The van der Waals surface area contributed by atoms with Gasteiger partial charge in [0, 0.05) is 10.3 Å². The third kappa shape index (κ3) is 9.10. The number of halogens is 5. The summed E-state index contributed by atoms with van der Waals surface area (Å²) in [5.41, 5.74) is 4.89. The quantitative estimate of drug-likeness (QED) is 0.0512. The number of aromatic hydroxyl groups is 4. The van der Waals surface area contributed by atoms with E-state index in [0.29, 0.717) is 37.7 Å². The number of rotatable bonds is 11. The highest BCUT2D eigenvalue weighted by atomic mass is 127. The van der Waals surface area contributed by atoms with Gasteiger partial charge in [-0.3, -0.25) is 0 Å². The number of carbonyl (C=O) groups excluding carboxylic acids is 1. The predicted molar refractivity (Wildman–Crippen MR) is 241 cm³/mol. The van der Waals surface area contributed by atoms with Crippen LogP contribution in [0.25, 0.3) is 0 Å². The Balaban J connectivity index is 1.61. The van der Waals surface area contributed by atoms with Gasteiger partial charge in [-0.25, -0.2) is 4.79 Å². The maximum absolute atomic E-state index is 13.3. The Morgan fingerprint density at radius 1 is 0.640 bits per heavy atom. The predicted octanol–water partition coefficient (Wildman–Crippen LogP) is 11.0. The van der Waals surface area contributed by atoms with Crippen molar-refractivity contribution in [3.63, 3.8) is 0 Å². The lowest BCUT2D eigenvalue weighted by molar-refractivity contribution is 0.0469. The summed E-state index contributed by atoms with van der Waals surface area (Å²) < 4.78 is 9.06. The first-order valence-electron chi connectivity index (χ1n) is 15.3. The van der Waals surface area contributed by atoms with Crippen LogP contribution in [-0.2, 0) is 29.6 Å². The number of thiol groups is 1. The van der Waals surface area contributed by atoms with Gasteiger partial charge in [0.1, 0.15) is 35.2 Å². The van der Waals surface area contributed by atoms with Crippen molar-refractivity contribution < 1.29 is 30.0 Å². The number of esters is 1. The van der Waals surface area contributed by atoms with Gasteiger partial charge in [-0.05, 0) is 221 Å². The number of hydrogen-bond donors (Lipinski definition) is 5. The molecule has 6 nitrogen and oxygen atoms in total. The molecule has 5 aromatic rings. The van der Waals surface area contributed by atoms with Crippen LogP contribution in [0, 0.1) is 24.8 Å². The zero-order valence-corrected chi connectivity index (χ0v) is 38.2. The molecule has 4 N–H and O–H groups in total. The number of benzene rings is 5. The van der Waals surface area contributed by atoms with Crippen LogP contribution in [0.15, 0.2) is 83.8 Å². The van der Waals surface area contributed by atoms with E-state index in [4.69, 9.17) is 4.74 Å². The average molecular weight is 1250 g/mol. The Morgan fingerprint density at radius 3 is 1.70 bits per heavy atom. The van der Waals surface area contributed by atoms with Gasteiger partial charge >= 0.3 is 5.97 Å². The van der Waals surface area contributed by atoms with Gasteiger partial charge in [-0.2, -0.15) is 0 Å². The van der Waals surface area contributed by atoms with Crippen molar-refractivity contribution in [2.24, 2.45) is 0 Å². The Morgan fingerprint density at radius 2 is 1.14 bits per heavy atom. The van der Waals surface area contributed by atoms with Crippen LogP contribution in [0.5, 0.6) is 23.0 Å². The fraction of sp³-hybridized carbons (Fsp3) is 0.184. The van der Waals surface area contributed by atoms with E-state index < -0.39 is 11.4 Å². The Bertz CT molecular complexity index is 1940. The number of carbonyl (C=O) groups is 1. The van der Waals surface area contributed by atoms with Crippen molar-refractivity contribution in [2.75, 3.05) is 0 Å². The second kappa shape index (κ2) is 17.3. The summed E-state index contributed by atoms with van der Waals surface area (Å²) in [5, 5.41) is 42.9. The minimum Gasteiger partial charge on any atom is -0.507 e. The fourth-order valence-corrected chi connectivity index (χ4v) is 10.4. The normalized spacial score (nSPS) is 12.5. The second-order valence-corrected chi connectivity index (χ2v) is 18.3. The van der Waals surface area contributed by atoms with Crippen molar-refractivity contribution >= 4 is 132 Å². The van der Waals surface area contributed by atoms with E-state index in [1.54, 1.807) is 6.07 Å². The van der Waals surface area contributed by atoms with Gasteiger partial charge < -0.3 is 25.2 Å². The van der Waals surface area contributed by atoms with Crippen LogP contribution in [-0.4, -0.2) is 26.4 Å². The van der Waals surface area contributed by atoms with E-state index in [2.05, 4.69) is 103 Å². The minimum absolute atomic E-state index is 0.0859. The molecule has 1 unspecified atom stereocenters. The number of ether oxygens (including phenoxy) is 1. The van der Waals surface area contributed by atoms with Crippen molar-refractivity contribution in [2.45, 2.75) is 49.5 Å². The lowest BCUT2D eigenvalue weighted by Crippen LogP contribution is -2.30. The summed E-state index contributed by atoms with van der Waals surface area (Å²) in [6.45, 7) is 1.97. The monoisotopic (exact) mass is 1250 g/mol. The van der Waals surface area contributed by atoms with Crippen LogP contribution < -0.4 is 0 Å². The molecule has 12 heteroatoms. The molecule has 0 amide bonds. The van der Waals surface area contributed by atoms with Crippen LogP contribution in [0.2, 0.25) is 0 Å².